The van der Waals surface area contributed by atoms with E-state index in [4.69, 9.17) is 10.2 Å². The molecule has 5 nitrogen and oxygen atoms in total. The van der Waals surface area contributed by atoms with Crippen LogP contribution in [0.5, 0.6) is 11.5 Å². The minimum absolute atomic E-state index is 0.0194. The van der Waals surface area contributed by atoms with E-state index in [0.717, 1.165) is 0 Å². The predicted octanol–water partition coefficient (Wildman–Crippen LogP) is 0.162. The quantitative estimate of drug-likeness (QED) is 0.622. The van der Waals surface area contributed by atoms with Crippen molar-refractivity contribution in [2.24, 2.45) is 0 Å². The number of nitrogens with zero attached hydrogens (tertiary/aromatic N) is 1. The number of phenols is 2. The lowest BCUT2D eigenvalue weighted by atomic mass is 10.1. The molecule has 1 rings (SSSR count). The first kappa shape index (κ1) is 11.3. The molecule has 0 fully saturated rings. The molecule has 0 bridgehead atoms. The number of amides is 1. The number of aromatic hydroxyl groups is 2. The number of hydrogen-bond acceptors (Lipinski definition) is 4. The number of carbonyl (C=O) groups excluding carboxylic acids is 1. The van der Waals surface area contributed by atoms with E-state index in [2.05, 4.69) is 0 Å². The van der Waals surface area contributed by atoms with Crippen LogP contribution in [0, 0.1) is 0 Å². The van der Waals surface area contributed by atoms with E-state index in [0.29, 0.717) is 0 Å². The Balaban J connectivity index is 2.95. The van der Waals surface area contributed by atoms with E-state index in [1.807, 2.05) is 0 Å². The normalized spacial score (nSPS) is 10.0. The van der Waals surface area contributed by atoms with Crippen molar-refractivity contribution in [2.75, 3.05) is 20.2 Å². The molecule has 0 aromatic heterocycles. The maximum absolute atomic E-state index is 11.7. The van der Waals surface area contributed by atoms with Crippen molar-refractivity contribution < 1.29 is 20.1 Å². The highest BCUT2D eigenvalue weighted by molar-refractivity contribution is 5.97. The number of phenolic OH excluding ortho intramolecular Hbond substituents is 2. The number of likely N-dealkylation sites (N-methyl/N-ethyl adjacent to an activating group) is 1. The summed E-state index contributed by atoms with van der Waals surface area (Å²) in [5.74, 6) is -0.728. The fraction of sp³-hybridized carbons (Fsp3) is 0.300. The van der Waals surface area contributed by atoms with Gasteiger partial charge < -0.3 is 20.2 Å². The maximum Gasteiger partial charge on any atom is 0.257 e. The summed E-state index contributed by atoms with van der Waals surface area (Å²) in [6.45, 7) is 0.0236. The van der Waals surface area contributed by atoms with Gasteiger partial charge in [-0.3, -0.25) is 4.79 Å². The largest absolute Gasteiger partial charge is 0.508 e. The number of aliphatic hydroxyl groups excluding tert-OH is 1. The van der Waals surface area contributed by atoms with Crippen molar-refractivity contribution in [1.82, 2.24) is 4.90 Å². The van der Waals surface area contributed by atoms with Crippen LogP contribution in [0.15, 0.2) is 18.2 Å². The zero-order valence-corrected chi connectivity index (χ0v) is 8.34. The van der Waals surface area contributed by atoms with Crippen LogP contribution in [0.3, 0.4) is 0 Å². The molecule has 0 aliphatic heterocycles. The highest BCUT2D eigenvalue weighted by Gasteiger charge is 2.15. The van der Waals surface area contributed by atoms with E-state index in [-0.39, 0.29) is 30.2 Å². The Morgan fingerprint density at radius 1 is 1.40 bits per heavy atom. The fourth-order valence-electron chi connectivity index (χ4n) is 1.15. The summed E-state index contributed by atoms with van der Waals surface area (Å²) in [7, 11) is 1.50. The summed E-state index contributed by atoms with van der Waals surface area (Å²) in [5, 5.41) is 27.2. The summed E-state index contributed by atoms with van der Waals surface area (Å²) in [5.41, 5.74) is 0.0194. The van der Waals surface area contributed by atoms with Crippen LogP contribution in [0.4, 0.5) is 0 Å². The van der Waals surface area contributed by atoms with Gasteiger partial charge in [-0.15, -0.1) is 0 Å². The molecule has 0 atom stereocenters. The van der Waals surface area contributed by atoms with Gasteiger partial charge in [0.1, 0.15) is 11.5 Å². The minimum Gasteiger partial charge on any atom is -0.508 e. The molecular formula is C10H13NO4. The van der Waals surface area contributed by atoms with Crippen molar-refractivity contribution in [3.63, 3.8) is 0 Å². The second-order valence-corrected chi connectivity index (χ2v) is 3.15. The minimum atomic E-state index is -0.447. The van der Waals surface area contributed by atoms with Gasteiger partial charge in [0.2, 0.25) is 0 Å². The van der Waals surface area contributed by atoms with Crippen LogP contribution in [-0.4, -0.2) is 46.3 Å². The Bertz CT molecular complexity index is 364. The number of benzene rings is 1. The van der Waals surface area contributed by atoms with Gasteiger partial charge in [-0.1, -0.05) is 0 Å². The first-order valence-corrected chi connectivity index (χ1v) is 4.44. The van der Waals surface area contributed by atoms with Crippen LogP contribution in [0.25, 0.3) is 0 Å². The average Bonchev–Trinajstić information content (AvgIpc) is 2.21. The van der Waals surface area contributed by atoms with E-state index >= 15 is 0 Å². The molecule has 15 heavy (non-hydrogen) atoms. The SMILES string of the molecule is CN(CCO)C(=O)c1cc(O)ccc1O. The third kappa shape index (κ3) is 2.60. The summed E-state index contributed by atoms with van der Waals surface area (Å²) < 4.78 is 0. The Labute approximate surface area is 87.2 Å². The van der Waals surface area contributed by atoms with Crippen LogP contribution >= 0.6 is 0 Å². The van der Waals surface area contributed by atoms with Crippen molar-refractivity contribution >= 4 is 5.91 Å². The molecule has 0 aliphatic rings. The Hall–Kier alpha value is -1.75. The molecule has 0 saturated heterocycles. The number of rotatable bonds is 3. The molecule has 0 heterocycles. The van der Waals surface area contributed by atoms with Crippen LogP contribution < -0.4 is 0 Å². The third-order valence-electron chi connectivity index (χ3n) is 1.99. The fourth-order valence-corrected chi connectivity index (χ4v) is 1.15. The molecule has 1 aromatic carbocycles. The molecule has 0 saturated carbocycles. The smallest absolute Gasteiger partial charge is 0.257 e. The zero-order chi connectivity index (χ0) is 11.4. The van der Waals surface area contributed by atoms with Crippen LogP contribution in [-0.2, 0) is 0 Å². The predicted molar refractivity (Wildman–Crippen MR) is 53.8 cm³/mol. The van der Waals surface area contributed by atoms with Gasteiger partial charge in [0.25, 0.3) is 5.91 Å². The zero-order valence-electron chi connectivity index (χ0n) is 8.34. The molecule has 1 amide bonds. The van der Waals surface area contributed by atoms with E-state index in [1.54, 1.807) is 0 Å². The molecule has 3 N–H and O–H groups in total. The number of aliphatic hydroxyl groups is 1. The Morgan fingerprint density at radius 3 is 2.67 bits per heavy atom. The summed E-state index contributed by atoms with van der Waals surface area (Å²) in [6, 6.07) is 3.72. The monoisotopic (exact) mass is 211 g/mol. The number of hydrogen-bond donors (Lipinski definition) is 3. The van der Waals surface area contributed by atoms with Crippen molar-refractivity contribution in [1.29, 1.82) is 0 Å². The standard InChI is InChI=1S/C10H13NO4/c1-11(4-5-12)10(15)8-6-7(13)2-3-9(8)14/h2-3,6,12-14H,4-5H2,1H3. The second kappa shape index (κ2) is 4.65. The first-order valence-electron chi connectivity index (χ1n) is 4.44. The van der Waals surface area contributed by atoms with Gasteiger partial charge >= 0.3 is 0 Å². The maximum atomic E-state index is 11.7. The Kier molecular flexibility index (Phi) is 3.51. The third-order valence-corrected chi connectivity index (χ3v) is 1.99. The van der Waals surface area contributed by atoms with Gasteiger partial charge in [0.15, 0.2) is 0 Å². The molecular weight excluding hydrogens is 198 g/mol. The Morgan fingerprint density at radius 2 is 2.07 bits per heavy atom. The lowest BCUT2D eigenvalue weighted by Gasteiger charge is -2.16. The molecule has 0 aliphatic carbocycles. The van der Waals surface area contributed by atoms with Gasteiger partial charge in [-0.2, -0.15) is 0 Å². The molecule has 1 aromatic rings. The topological polar surface area (TPSA) is 81.0 Å². The molecule has 0 unspecified atom stereocenters. The van der Waals surface area contributed by atoms with Gasteiger partial charge in [0.05, 0.1) is 12.2 Å². The van der Waals surface area contributed by atoms with Gasteiger partial charge in [-0.25, -0.2) is 0 Å². The summed E-state index contributed by atoms with van der Waals surface area (Å²) in [4.78, 5) is 12.9. The van der Waals surface area contributed by atoms with E-state index < -0.39 is 5.91 Å². The van der Waals surface area contributed by atoms with Gasteiger partial charge in [0, 0.05) is 13.6 Å². The van der Waals surface area contributed by atoms with Gasteiger partial charge in [-0.05, 0) is 18.2 Å². The van der Waals surface area contributed by atoms with E-state index in [9.17, 15) is 9.90 Å². The lowest BCUT2D eigenvalue weighted by Crippen LogP contribution is -2.29. The number of carbonyl (C=O) groups is 1. The van der Waals surface area contributed by atoms with E-state index in [1.165, 1.54) is 30.1 Å². The molecule has 82 valence electrons. The summed E-state index contributed by atoms with van der Waals surface area (Å²) in [6.07, 6.45) is 0. The average molecular weight is 211 g/mol. The lowest BCUT2D eigenvalue weighted by molar-refractivity contribution is 0.0763. The van der Waals surface area contributed by atoms with Crippen LogP contribution in [0.2, 0.25) is 0 Å². The highest BCUT2D eigenvalue weighted by Crippen LogP contribution is 2.22. The second-order valence-electron chi connectivity index (χ2n) is 3.15. The van der Waals surface area contributed by atoms with Crippen molar-refractivity contribution in [3.05, 3.63) is 23.8 Å². The summed E-state index contributed by atoms with van der Waals surface area (Å²) >= 11 is 0. The van der Waals surface area contributed by atoms with Crippen molar-refractivity contribution in [3.8, 4) is 11.5 Å². The molecule has 0 radical (unpaired) electrons. The molecule has 5 heteroatoms. The van der Waals surface area contributed by atoms with Crippen molar-refractivity contribution in [2.45, 2.75) is 0 Å². The molecule has 0 spiro atoms. The van der Waals surface area contributed by atoms with Crippen LogP contribution in [0.1, 0.15) is 10.4 Å². The first-order chi connectivity index (χ1) is 7.06. The highest BCUT2D eigenvalue weighted by atomic mass is 16.3.